The maximum absolute atomic E-state index is 12.3. The first-order chi connectivity index (χ1) is 12.3. The molecule has 0 spiro atoms. The quantitative estimate of drug-likeness (QED) is 0.747. The van der Waals surface area contributed by atoms with Crippen LogP contribution >= 0.6 is 11.6 Å². The van der Waals surface area contributed by atoms with Gasteiger partial charge in [0.2, 0.25) is 5.91 Å². The van der Waals surface area contributed by atoms with Crippen LogP contribution in [0, 0.1) is 0 Å². The van der Waals surface area contributed by atoms with Crippen molar-refractivity contribution >= 4 is 33.0 Å². The lowest BCUT2D eigenvalue weighted by atomic mass is 10.1. The van der Waals surface area contributed by atoms with Gasteiger partial charge in [0.05, 0.1) is 15.7 Å². The van der Waals surface area contributed by atoms with E-state index in [4.69, 9.17) is 11.6 Å². The van der Waals surface area contributed by atoms with E-state index in [9.17, 15) is 13.2 Å². The molecule has 0 fully saturated rings. The molecular formula is C19H23ClN2O3S. The van der Waals surface area contributed by atoms with E-state index in [0.29, 0.717) is 13.0 Å². The molecule has 0 radical (unpaired) electrons. The fraction of sp³-hybridized carbons (Fsp3) is 0.316. The van der Waals surface area contributed by atoms with Crippen molar-refractivity contribution in [2.24, 2.45) is 0 Å². The van der Waals surface area contributed by atoms with E-state index in [1.54, 1.807) is 12.1 Å². The molecule has 7 heteroatoms. The summed E-state index contributed by atoms with van der Waals surface area (Å²) in [5.74, 6) is -0.550. The lowest BCUT2D eigenvalue weighted by molar-refractivity contribution is -0.120. The molecule has 0 unspecified atom stereocenters. The largest absolute Gasteiger partial charge is 0.378 e. The summed E-state index contributed by atoms with van der Waals surface area (Å²) in [5, 5.41) is 2.94. The Bertz CT molecular complexity index is 849. The third kappa shape index (κ3) is 5.75. The van der Waals surface area contributed by atoms with Gasteiger partial charge in [-0.05, 0) is 36.2 Å². The molecule has 0 bridgehead atoms. The highest BCUT2D eigenvalue weighted by Crippen LogP contribution is 2.22. The molecular weight excluding hydrogens is 372 g/mol. The molecule has 0 heterocycles. The SMILES string of the molecule is CN(C)c1ccc(CCNC(=O)CCS(=O)(=O)c2ccccc2Cl)cc1. The third-order valence-electron chi connectivity index (χ3n) is 3.96. The molecule has 0 saturated heterocycles. The fourth-order valence-corrected chi connectivity index (χ4v) is 4.24. The Balaban J connectivity index is 1.79. The average molecular weight is 395 g/mol. The van der Waals surface area contributed by atoms with Gasteiger partial charge in [-0.1, -0.05) is 35.9 Å². The number of halogens is 1. The number of nitrogens with zero attached hydrogens (tertiary/aromatic N) is 1. The molecule has 26 heavy (non-hydrogen) atoms. The molecule has 2 aromatic rings. The maximum atomic E-state index is 12.3. The molecule has 2 aromatic carbocycles. The van der Waals surface area contributed by atoms with E-state index >= 15 is 0 Å². The Kier molecular flexibility index (Phi) is 7.06. The van der Waals surface area contributed by atoms with Crippen LogP contribution in [0.5, 0.6) is 0 Å². The average Bonchev–Trinajstić information content (AvgIpc) is 2.61. The Morgan fingerprint density at radius 3 is 2.35 bits per heavy atom. The highest BCUT2D eigenvalue weighted by atomic mass is 35.5. The molecule has 0 aromatic heterocycles. The number of hydrogen-bond donors (Lipinski definition) is 1. The van der Waals surface area contributed by atoms with Crippen LogP contribution in [0.1, 0.15) is 12.0 Å². The van der Waals surface area contributed by atoms with Gasteiger partial charge in [-0.3, -0.25) is 4.79 Å². The molecule has 1 N–H and O–H groups in total. The molecule has 140 valence electrons. The van der Waals surface area contributed by atoms with Crippen molar-refractivity contribution in [2.75, 3.05) is 31.3 Å². The van der Waals surface area contributed by atoms with Gasteiger partial charge < -0.3 is 10.2 Å². The van der Waals surface area contributed by atoms with Gasteiger partial charge in [-0.25, -0.2) is 8.42 Å². The van der Waals surface area contributed by atoms with E-state index in [2.05, 4.69) is 5.32 Å². The monoisotopic (exact) mass is 394 g/mol. The van der Waals surface area contributed by atoms with Crippen LogP contribution in [0.2, 0.25) is 5.02 Å². The topological polar surface area (TPSA) is 66.5 Å². The van der Waals surface area contributed by atoms with Crippen LogP contribution in [-0.4, -0.2) is 40.7 Å². The Morgan fingerprint density at radius 2 is 1.73 bits per heavy atom. The first-order valence-corrected chi connectivity index (χ1v) is 10.3. The van der Waals surface area contributed by atoms with Crippen LogP contribution in [0.25, 0.3) is 0 Å². The summed E-state index contributed by atoms with van der Waals surface area (Å²) in [6.07, 6.45) is 0.601. The Hall–Kier alpha value is -2.05. The number of benzene rings is 2. The molecule has 0 aliphatic rings. The van der Waals surface area contributed by atoms with Crippen molar-refractivity contribution in [3.63, 3.8) is 0 Å². The minimum Gasteiger partial charge on any atom is -0.378 e. The maximum Gasteiger partial charge on any atom is 0.221 e. The molecule has 0 aliphatic heterocycles. The molecule has 0 atom stereocenters. The summed E-state index contributed by atoms with van der Waals surface area (Å²) in [5.41, 5.74) is 2.22. The van der Waals surface area contributed by atoms with Crippen molar-refractivity contribution in [1.82, 2.24) is 5.32 Å². The van der Waals surface area contributed by atoms with Crippen molar-refractivity contribution < 1.29 is 13.2 Å². The Morgan fingerprint density at radius 1 is 1.08 bits per heavy atom. The first-order valence-electron chi connectivity index (χ1n) is 8.30. The zero-order valence-corrected chi connectivity index (χ0v) is 16.5. The second-order valence-electron chi connectivity index (χ2n) is 6.16. The number of carbonyl (C=O) groups excluding carboxylic acids is 1. The van der Waals surface area contributed by atoms with Crippen molar-refractivity contribution in [2.45, 2.75) is 17.7 Å². The zero-order chi connectivity index (χ0) is 19.2. The van der Waals surface area contributed by atoms with Gasteiger partial charge >= 0.3 is 0 Å². The zero-order valence-electron chi connectivity index (χ0n) is 14.9. The van der Waals surface area contributed by atoms with Gasteiger partial charge in [0.1, 0.15) is 0 Å². The summed E-state index contributed by atoms with van der Waals surface area (Å²) < 4.78 is 24.5. The summed E-state index contributed by atoms with van der Waals surface area (Å²) in [6, 6.07) is 14.3. The highest BCUT2D eigenvalue weighted by molar-refractivity contribution is 7.91. The number of amides is 1. The Labute approximate surface area is 159 Å². The van der Waals surface area contributed by atoms with Crippen LogP contribution in [-0.2, 0) is 21.1 Å². The van der Waals surface area contributed by atoms with E-state index in [1.165, 1.54) is 12.1 Å². The molecule has 0 aliphatic carbocycles. The lowest BCUT2D eigenvalue weighted by Gasteiger charge is -2.12. The van der Waals surface area contributed by atoms with Crippen LogP contribution < -0.4 is 10.2 Å². The van der Waals surface area contributed by atoms with Gasteiger partial charge in [-0.2, -0.15) is 0 Å². The minimum atomic E-state index is -3.57. The van der Waals surface area contributed by atoms with Crippen LogP contribution in [0.15, 0.2) is 53.4 Å². The predicted octanol–water partition coefficient (Wildman–Crippen LogP) is 2.93. The first kappa shape index (κ1) is 20.3. The van der Waals surface area contributed by atoms with E-state index in [-0.39, 0.29) is 28.0 Å². The smallest absolute Gasteiger partial charge is 0.221 e. The lowest BCUT2D eigenvalue weighted by Crippen LogP contribution is -2.27. The number of rotatable bonds is 8. The van der Waals surface area contributed by atoms with Gasteiger partial charge in [-0.15, -0.1) is 0 Å². The summed E-state index contributed by atoms with van der Waals surface area (Å²) >= 11 is 5.92. The second-order valence-corrected chi connectivity index (χ2v) is 8.64. The molecule has 0 saturated carbocycles. The van der Waals surface area contributed by atoms with Gasteiger partial charge in [0.25, 0.3) is 0 Å². The standard InChI is InChI=1S/C19H23ClN2O3S/c1-22(2)16-9-7-15(8-10-16)11-13-21-19(23)12-14-26(24,25)18-6-4-3-5-17(18)20/h3-10H,11-14H2,1-2H3,(H,21,23). The second kappa shape index (κ2) is 9.05. The number of anilines is 1. The number of hydrogen-bond acceptors (Lipinski definition) is 4. The number of sulfone groups is 1. The third-order valence-corrected chi connectivity index (χ3v) is 6.17. The highest BCUT2D eigenvalue weighted by Gasteiger charge is 2.19. The van der Waals surface area contributed by atoms with E-state index < -0.39 is 9.84 Å². The fourth-order valence-electron chi connectivity index (χ4n) is 2.43. The van der Waals surface area contributed by atoms with E-state index in [0.717, 1.165) is 11.3 Å². The van der Waals surface area contributed by atoms with Crippen molar-refractivity contribution in [3.8, 4) is 0 Å². The summed E-state index contributed by atoms with van der Waals surface area (Å²) in [7, 11) is 0.383. The van der Waals surface area contributed by atoms with E-state index in [1.807, 2.05) is 43.3 Å². The summed E-state index contributed by atoms with van der Waals surface area (Å²) in [6.45, 7) is 0.465. The predicted molar refractivity (Wildman–Crippen MR) is 106 cm³/mol. The van der Waals surface area contributed by atoms with Gasteiger partial charge in [0.15, 0.2) is 9.84 Å². The minimum absolute atomic E-state index is 0.0652. The van der Waals surface area contributed by atoms with Crippen LogP contribution in [0.4, 0.5) is 5.69 Å². The normalized spacial score (nSPS) is 11.2. The number of nitrogens with one attached hydrogen (secondary N) is 1. The summed E-state index contributed by atoms with van der Waals surface area (Å²) in [4.78, 5) is 14.0. The van der Waals surface area contributed by atoms with Crippen LogP contribution in [0.3, 0.4) is 0 Å². The molecule has 5 nitrogen and oxygen atoms in total. The van der Waals surface area contributed by atoms with Gasteiger partial charge in [0, 0.05) is 32.7 Å². The molecule has 2 rings (SSSR count). The molecule has 1 amide bonds. The van der Waals surface area contributed by atoms with Crippen molar-refractivity contribution in [1.29, 1.82) is 0 Å². The number of carbonyl (C=O) groups is 1. The van der Waals surface area contributed by atoms with Crippen molar-refractivity contribution in [3.05, 3.63) is 59.1 Å².